The first kappa shape index (κ1) is 24.3. The molecule has 2 N–H and O–H groups in total. The first-order valence-electron chi connectivity index (χ1n) is 12.1. The molecule has 1 aliphatic carbocycles. The first-order valence-corrected chi connectivity index (χ1v) is 12.1. The van der Waals surface area contributed by atoms with Crippen molar-refractivity contribution in [1.29, 1.82) is 0 Å². The number of aromatic nitrogens is 4. The van der Waals surface area contributed by atoms with E-state index in [4.69, 9.17) is 15.2 Å². The van der Waals surface area contributed by atoms with Gasteiger partial charge in [-0.2, -0.15) is 4.98 Å². The highest BCUT2D eigenvalue weighted by Crippen LogP contribution is 2.33. The third-order valence-corrected chi connectivity index (χ3v) is 6.92. The number of nitrogens with two attached hydrogens (primary N) is 1. The lowest BCUT2D eigenvalue weighted by atomic mass is 9.88. The Morgan fingerprint density at radius 3 is 2.47 bits per heavy atom. The molecule has 2 aromatic heterocycles. The maximum atomic E-state index is 13.4. The molecule has 0 radical (unpaired) electrons. The second kappa shape index (κ2) is 9.96. The number of ether oxygens (including phenoxy) is 2. The number of likely N-dealkylation sites (tertiary alicyclic amines) is 1. The number of nitrogens with zero attached hydrogens (tertiary/aromatic N) is 7. The molecule has 4 heterocycles. The monoisotopic (exact) mass is 504 g/mol. The van der Waals surface area contributed by atoms with Crippen molar-refractivity contribution in [2.45, 2.75) is 43.8 Å². The van der Waals surface area contributed by atoms with Crippen LogP contribution in [0.1, 0.15) is 25.7 Å². The topological polar surface area (TPSA) is 123 Å². The maximum Gasteiger partial charge on any atom is 0.320 e. The minimum Gasteiger partial charge on any atom is -0.474 e. The number of urea groups is 1. The molecule has 0 spiro atoms. The lowest BCUT2D eigenvalue weighted by Crippen LogP contribution is -2.55. The van der Waals surface area contributed by atoms with Gasteiger partial charge < -0.3 is 29.9 Å². The molecular formula is C23H30F2N8O3. The smallest absolute Gasteiger partial charge is 0.320 e. The van der Waals surface area contributed by atoms with Crippen LogP contribution in [0.5, 0.6) is 5.88 Å². The summed E-state index contributed by atoms with van der Waals surface area (Å²) in [6, 6.07) is 1.52. The Kier molecular flexibility index (Phi) is 6.73. The van der Waals surface area contributed by atoms with Gasteiger partial charge in [0.2, 0.25) is 17.8 Å². The number of piperidine rings is 1. The Balaban J connectivity index is 1.24. The number of hydrogen-bond acceptors (Lipinski definition) is 9. The second-order valence-corrected chi connectivity index (χ2v) is 9.42. The van der Waals surface area contributed by atoms with Crippen LogP contribution in [0.3, 0.4) is 0 Å². The minimum atomic E-state index is -2.68. The molecule has 0 bridgehead atoms. The molecule has 11 nitrogen and oxygen atoms in total. The molecule has 1 saturated carbocycles. The number of nitrogen functional groups attached to an aromatic ring is 1. The van der Waals surface area contributed by atoms with Gasteiger partial charge in [0.15, 0.2) is 0 Å². The van der Waals surface area contributed by atoms with E-state index in [2.05, 4.69) is 19.9 Å². The molecule has 0 unspecified atom stereocenters. The Labute approximate surface area is 207 Å². The van der Waals surface area contributed by atoms with Crippen LogP contribution in [0.4, 0.5) is 25.5 Å². The van der Waals surface area contributed by atoms with Crippen molar-refractivity contribution in [3.8, 4) is 17.1 Å². The van der Waals surface area contributed by atoms with Gasteiger partial charge in [-0.1, -0.05) is 0 Å². The van der Waals surface area contributed by atoms with Crippen LogP contribution >= 0.6 is 0 Å². The fourth-order valence-corrected chi connectivity index (χ4v) is 4.52. The summed E-state index contributed by atoms with van der Waals surface area (Å²) in [6.07, 6.45) is 3.76. The van der Waals surface area contributed by atoms with E-state index in [0.717, 1.165) is 0 Å². The van der Waals surface area contributed by atoms with Crippen molar-refractivity contribution in [2.75, 3.05) is 57.1 Å². The van der Waals surface area contributed by atoms with Crippen molar-refractivity contribution in [3.05, 3.63) is 18.5 Å². The highest BCUT2D eigenvalue weighted by molar-refractivity contribution is 5.74. The van der Waals surface area contributed by atoms with Gasteiger partial charge in [0, 0.05) is 89.0 Å². The average Bonchev–Trinajstić information content (AvgIpc) is 2.86. The van der Waals surface area contributed by atoms with Gasteiger partial charge in [-0.05, 0) is 0 Å². The summed E-state index contributed by atoms with van der Waals surface area (Å²) in [4.78, 5) is 35.4. The molecule has 2 aromatic rings. The summed E-state index contributed by atoms with van der Waals surface area (Å²) in [5, 5.41) is 0. The molecule has 0 aromatic carbocycles. The quantitative estimate of drug-likeness (QED) is 0.652. The van der Waals surface area contributed by atoms with Gasteiger partial charge in [-0.15, -0.1) is 0 Å². The van der Waals surface area contributed by atoms with E-state index in [1.54, 1.807) is 30.4 Å². The molecule has 194 valence electrons. The third kappa shape index (κ3) is 5.40. The molecule has 2 saturated heterocycles. The van der Waals surface area contributed by atoms with Crippen LogP contribution in [-0.2, 0) is 4.74 Å². The van der Waals surface area contributed by atoms with Crippen molar-refractivity contribution < 1.29 is 23.0 Å². The number of carbonyl (C=O) groups excluding carboxylic acids is 1. The Morgan fingerprint density at radius 1 is 1.14 bits per heavy atom. The summed E-state index contributed by atoms with van der Waals surface area (Å²) < 4.78 is 38.5. The fraction of sp³-hybridized carbons (Fsp3) is 0.609. The van der Waals surface area contributed by atoms with E-state index < -0.39 is 5.92 Å². The van der Waals surface area contributed by atoms with Crippen LogP contribution in [0, 0.1) is 0 Å². The third-order valence-electron chi connectivity index (χ3n) is 6.92. The number of alkyl halides is 2. The number of morpholine rings is 1. The van der Waals surface area contributed by atoms with Gasteiger partial charge >= 0.3 is 6.03 Å². The SMILES string of the molecule is CN(C(=O)N1CCC(F)(F)CC1)C1CC(Oc2cc(-c3cnc(N)nc3)nc(N3CCOCC3)n2)C1. The fourth-order valence-electron chi connectivity index (χ4n) is 4.52. The van der Waals surface area contributed by atoms with E-state index in [1.807, 2.05) is 4.90 Å². The number of anilines is 2. The van der Waals surface area contributed by atoms with Crippen molar-refractivity contribution in [3.63, 3.8) is 0 Å². The summed E-state index contributed by atoms with van der Waals surface area (Å²) in [5.41, 5.74) is 6.93. The largest absolute Gasteiger partial charge is 0.474 e. The van der Waals surface area contributed by atoms with Crippen LogP contribution in [0.25, 0.3) is 11.3 Å². The molecule has 2 aliphatic heterocycles. The zero-order valence-corrected chi connectivity index (χ0v) is 20.1. The van der Waals surface area contributed by atoms with Gasteiger partial charge in [0.25, 0.3) is 5.92 Å². The van der Waals surface area contributed by atoms with Crippen molar-refractivity contribution >= 4 is 17.9 Å². The summed E-state index contributed by atoms with van der Waals surface area (Å²) >= 11 is 0. The molecule has 5 rings (SSSR count). The first-order chi connectivity index (χ1) is 17.3. The standard InChI is InChI=1S/C23H30F2N8O3/c1-31(22(34)33-4-2-23(24,25)3-5-33)16-10-17(11-16)36-19-12-18(15-13-27-20(26)28-14-15)29-21(30-19)32-6-8-35-9-7-32/h12-14,16-17H,2-11H2,1H3,(H2,26,27,28). The van der Waals surface area contributed by atoms with E-state index in [9.17, 15) is 13.6 Å². The van der Waals surface area contributed by atoms with Crippen molar-refractivity contribution in [1.82, 2.24) is 29.7 Å². The molecule has 3 fully saturated rings. The number of carbonyl (C=O) groups is 1. The summed E-state index contributed by atoms with van der Waals surface area (Å²) in [6.45, 7) is 2.67. The maximum absolute atomic E-state index is 13.4. The molecule has 3 aliphatic rings. The molecular weight excluding hydrogens is 474 g/mol. The predicted molar refractivity (Wildman–Crippen MR) is 127 cm³/mol. The van der Waals surface area contributed by atoms with E-state index >= 15 is 0 Å². The van der Waals surface area contributed by atoms with E-state index in [0.29, 0.717) is 62.2 Å². The van der Waals surface area contributed by atoms with E-state index in [-0.39, 0.29) is 50.1 Å². The summed E-state index contributed by atoms with van der Waals surface area (Å²) in [5.74, 6) is -1.54. The molecule has 2 amide bonds. The molecule has 13 heteroatoms. The number of amides is 2. The van der Waals surface area contributed by atoms with Gasteiger partial charge in [0.05, 0.1) is 18.9 Å². The average molecular weight is 505 g/mol. The van der Waals surface area contributed by atoms with Crippen LogP contribution in [0.2, 0.25) is 0 Å². The van der Waals surface area contributed by atoms with E-state index in [1.165, 1.54) is 4.90 Å². The van der Waals surface area contributed by atoms with Gasteiger partial charge in [-0.3, -0.25) is 0 Å². The van der Waals surface area contributed by atoms with Crippen molar-refractivity contribution in [2.24, 2.45) is 0 Å². The predicted octanol–water partition coefficient (Wildman–Crippen LogP) is 2.05. The number of halogens is 2. The molecule has 36 heavy (non-hydrogen) atoms. The highest BCUT2D eigenvalue weighted by atomic mass is 19.3. The number of hydrogen-bond donors (Lipinski definition) is 1. The zero-order chi connectivity index (χ0) is 25.3. The summed E-state index contributed by atoms with van der Waals surface area (Å²) in [7, 11) is 1.72. The zero-order valence-electron chi connectivity index (χ0n) is 20.1. The normalized spacial score (nSPS) is 23.6. The lowest BCUT2D eigenvalue weighted by molar-refractivity contribution is -0.0512. The van der Waals surface area contributed by atoms with Crippen LogP contribution < -0.4 is 15.4 Å². The number of rotatable bonds is 5. The molecule has 0 atom stereocenters. The Hall–Kier alpha value is -3.35. The van der Waals surface area contributed by atoms with Gasteiger partial charge in [-0.25, -0.2) is 28.5 Å². The van der Waals surface area contributed by atoms with Crippen LogP contribution in [-0.4, -0.2) is 100 Å². The Morgan fingerprint density at radius 2 is 1.81 bits per heavy atom. The Bertz CT molecular complexity index is 1070. The van der Waals surface area contributed by atoms with Gasteiger partial charge in [0.1, 0.15) is 6.10 Å². The minimum absolute atomic E-state index is 0.0181. The lowest BCUT2D eigenvalue weighted by Gasteiger charge is -2.43. The second-order valence-electron chi connectivity index (χ2n) is 9.42. The van der Waals surface area contributed by atoms with Crippen LogP contribution in [0.15, 0.2) is 18.5 Å². The highest BCUT2D eigenvalue weighted by Gasteiger charge is 2.40.